The second-order valence-electron chi connectivity index (χ2n) is 5.25. The van der Waals surface area contributed by atoms with Gasteiger partial charge < -0.3 is 10.2 Å². The highest BCUT2D eigenvalue weighted by molar-refractivity contribution is 7.15. The van der Waals surface area contributed by atoms with Crippen LogP contribution < -0.4 is 15.5 Å². The van der Waals surface area contributed by atoms with Gasteiger partial charge in [0.2, 0.25) is 11.0 Å². The van der Waals surface area contributed by atoms with Crippen molar-refractivity contribution in [2.75, 3.05) is 16.8 Å². The largest absolute Gasteiger partial charge is 0.334 e. The van der Waals surface area contributed by atoms with E-state index < -0.39 is 0 Å². The lowest BCUT2D eigenvalue weighted by Crippen LogP contribution is -2.28. The average molecular weight is 331 g/mol. The highest BCUT2D eigenvalue weighted by atomic mass is 32.1. The number of hydrogen-bond donors (Lipinski definition) is 2. The highest BCUT2D eigenvalue weighted by Crippen LogP contribution is 2.21. The molecular weight excluding hydrogens is 314 g/mol. The number of urea groups is 1. The quantitative estimate of drug-likeness (QED) is 0.900. The zero-order valence-electron chi connectivity index (χ0n) is 12.7. The number of anilines is 2. The summed E-state index contributed by atoms with van der Waals surface area (Å²) in [6, 6.07) is 7.32. The van der Waals surface area contributed by atoms with Crippen LogP contribution in [-0.4, -0.2) is 28.7 Å². The average Bonchev–Trinajstić information content (AvgIpc) is 3.14. The Hall–Kier alpha value is -2.48. The van der Waals surface area contributed by atoms with Crippen molar-refractivity contribution in [2.45, 2.75) is 26.3 Å². The monoisotopic (exact) mass is 331 g/mol. The van der Waals surface area contributed by atoms with Crippen LogP contribution in [0.5, 0.6) is 0 Å². The first kappa shape index (κ1) is 15.4. The molecule has 1 saturated heterocycles. The van der Waals surface area contributed by atoms with Gasteiger partial charge in [-0.1, -0.05) is 23.5 Å². The SMILES string of the molecule is Cc1nnc(NC(=O)NCc2ccc(N3CCCC3=O)cc2)s1. The second kappa shape index (κ2) is 6.74. The fraction of sp³-hybridized carbons (Fsp3) is 0.333. The Morgan fingerprint density at radius 2 is 2.09 bits per heavy atom. The Bertz CT molecular complexity index is 713. The lowest BCUT2D eigenvalue weighted by Gasteiger charge is -2.16. The number of aromatic nitrogens is 2. The smallest absolute Gasteiger partial charge is 0.321 e. The van der Waals surface area contributed by atoms with Gasteiger partial charge in [-0.3, -0.25) is 10.1 Å². The summed E-state index contributed by atoms with van der Waals surface area (Å²) >= 11 is 1.32. The van der Waals surface area contributed by atoms with Crippen molar-refractivity contribution in [3.63, 3.8) is 0 Å². The third kappa shape index (κ3) is 3.84. The van der Waals surface area contributed by atoms with Crippen molar-refractivity contribution in [2.24, 2.45) is 0 Å². The molecule has 1 aliphatic heterocycles. The van der Waals surface area contributed by atoms with Gasteiger partial charge in [-0.25, -0.2) is 4.79 Å². The van der Waals surface area contributed by atoms with Gasteiger partial charge in [-0.2, -0.15) is 0 Å². The Morgan fingerprint density at radius 3 is 2.70 bits per heavy atom. The fourth-order valence-corrected chi connectivity index (χ4v) is 2.97. The van der Waals surface area contributed by atoms with Gasteiger partial charge in [-0.15, -0.1) is 10.2 Å². The molecule has 1 aliphatic rings. The summed E-state index contributed by atoms with van der Waals surface area (Å²) in [7, 11) is 0. The summed E-state index contributed by atoms with van der Waals surface area (Å²) in [5.41, 5.74) is 1.87. The molecular formula is C15H17N5O2S. The minimum absolute atomic E-state index is 0.169. The van der Waals surface area contributed by atoms with E-state index in [-0.39, 0.29) is 11.9 Å². The van der Waals surface area contributed by atoms with Crippen molar-refractivity contribution >= 4 is 34.1 Å². The van der Waals surface area contributed by atoms with E-state index >= 15 is 0 Å². The normalized spacial score (nSPS) is 14.1. The van der Waals surface area contributed by atoms with E-state index in [4.69, 9.17) is 0 Å². The molecule has 3 rings (SSSR count). The molecule has 0 radical (unpaired) electrons. The van der Waals surface area contributed by atoms with E-state index in [1.165, 1.54) is 11.3 Å². The van der Waals surface area contributed by atoms with Crippen LogP contribution in [0, 0.1) is 6.92 Å². The van der Waals surface area contributed by atoms with Gasteiger partial charge in [0, 0.05) is 25.2 Å². The number of amides is 3. The number of nitrogens with zero attached hydrogens (tertiary/aromatic N) is 3. The van der Waals surface area contributed by atoms with Crippen LogP contribution >= 0.6 is 11.3 Å². The number of benzene rings is 1. The van der Waals surface area contributed by atoms with Crippen LogP contribution in [0.3, 0.4) is 0 Å². The van der Waals surface area contributed by atoms with E-state index in [1.807, 2.05) is 31.2 Å². The molecule has 0 saturated carbocycles. The molecule has 0 spiro atoms. The topological polar surface area (TPSA) is 87.2 Å². The van der Waals surface area contributed by atoms with E-state index in [0.29, 0.717) is 18.1 Å². The Morgan fingerprint density at radius 1 is 1.30 bits per heavy atom. The van der Waals surface area contributed by atoms with Gasteiger partial charge in [-0.05, 0) is 31.0 Å². The maximum Gasteiger partial charge on any atom is 0.321 e. The second-order valence-corrected chi connectivity index (χ2v) is 6.43. The van der Waals surface area contributed by atoms with Crippen LogP contribution in [0.2, 0.25) is 0 Å². The molecule has 0 unspecified atom stereocenters. The Kier molecular flexibility index (Phi) is 4.52. The minimum Gasteiger partial charge on any atom is -0.334 e. The van der Waals surface area contributed by atoms with Crippen molar-refractivity contribution in [3.8, 4) is 0 Å². The lowest BCUT2D eigenvalue weighted by molar-refractivity contribution is -0.117. The van der Waals surface area contributed by atoms with Gasteiger partial charge >= 0.3 is 6.03 Å². The summed E-state index contributed by atoms with van der Waals surface area (Å²) in [5, 5.41) is 14.3. The van der Waals surface area contributed by atoms with E-state index in [0.717, 1.165) is 29.2 Å². The number of nitrogens with one attached hydrogen (secondary N) is 2. The van der Waals surface area contributed by atoms with Gasteiger partial charge in [0.05, 0.1) is 0 Å². The highest BCUT2D eigenvalue weighted by Gasteiger charge is 2.21. The molecule has 8 heteroatoms. The predicted molar refractivity (Wildman–Crippen MR) is 88.5 cm³/mol. The summed E-state index contributed by atoms with van der Waals surface area (Å²) in [6.07, 6.45) is 1.53. The molecule has 1 fully saturated rings. The Balaban J connectivity index is 1.52. The summed E-state index contributed by atoms with van der Waals surface area (Å²) in [4.78, 5) is 25.3. The Labute approximate surface area is 137 Å². The van der Waals surface area contributed by atoms with Gasteiger partial charge in [0.25, 0.3) is 0 Å². The molecule has 2 aromatic rings. The zero-order valence-corrected chi connectivity index (χ0v) is 13.5. The molecule has 0 aliphatic carbocycles. The van der Waals surface area contributed by atoms with E-state index in [1.54, 1.807) is 4.90 Å². The first-order chi connectivity index (χ1) is 11.1. The fourth-order valence-electron chi connectivity index (χ4n) is 2.39. The van der Waals surface area contributed by atoms with Crippen molar-refractivity contribution < 1.29 is 9.59 Å². The van der Waals surface area contributed by atoms with Crippen LogP contribution in [0.15, 0.2) is 24.3 Å². The van der Waals surface area contributed by atoms with Gasteiger partial charge in [0.1, 0.15) is 5.01 Å². The molecule has 0 atom stereocenters. The minimum atomic E-state index is -0.319. The maximum absolute atomic E-state index is 11.8. The van der Waals surface area contributed by atoms with Crippen LogP contribution in [0.1, 0.15) is 23.4 Å². The molecule has 2 heterocycles. The first-order valence-corrected chi connectivity index (χ1v) is 8.18. The number of aryl methyl sites for hydroxylation is 1. The summed E-state index contributed by atoms with van der Waals surface area (Å²) < 4.78 is 0. The first-order valence-electron chi connectivity index (χ1n) is 7.36. The van der Waals surface area contributed by atoms with Crippen molar-refractivity contribution in [3.05, 3.63) is 34.8 Å². The third-order valence-corrected chi connectivity index (χ3v) is 4.28. The number of hydrogen-bond acceptors (Lipinski definition) is 5. The summed E-state index contributed by atoms with van der Waals surface area (Å²) in [5.74, 6) is 0.169. The van der Waals surface area contributed by atoms with E-state index in [9.17, 15) is 9.59 Å². The lowest BCUT2D eigenvalue weighted by atomic mass is 10.2. The molecule has 7 nitrogen and oxygen atoms in total. The standard InChI is InChI=1S/C15H17N5O2S/c1-10-18-19-15(23-10)17-14(22)16-9-11-4-6-12(7-5-11)20-8-2-3-13(20)21/h4-7H,2-3,8-9H2,1H3,(H2,16,17,19,22). The van der Waals surface area contributed by atoms with Gasteiger partial charge in [0.15, 0.2) is 0 Å². The molecule has 1 aromatic heterocycles. The molecule has 0 bridgehead atoms. The molecule has 23 heavy (non-hydrogen) atoms. The number of carbonyl (C=O) groups is 2. The predicted octanol–water partition coefficient (Wildman–Crippen LogP) is 2.30. The van der Waals surface area contributed by atoms with Crippen molar-refractivity contribution in [1.29, 1.82) is 0 Å². The molecule has 120 valence electrons. The summed E-state index contributed by atoms with van der Waals surface area (Å²) in [6.45, 7) is 3.01. The number of carbonyl (C=O) groups excluding carboxylic acids is 2. The maximum atomic E-state index is 11.8. The molecule has 3 amide bonds. The van der Waals surface area contributed by atoms with Crippen molar-refractivity contribution in [1.82, 2.24) is 15.5 Å². The van der Waals surface area contributed by atoms with Crippen LogP contribution in [0.4, 0.5) is 15.6 Å². The van der Waals surface area contributed by atoms with Crippen LogP contribution in [-0.2, 0) is 11.3 Å². The number of rotatable bonds is 4. The molecule has 2 N–H and O–H groups in total. The van der Waals surface area contributed by atoms with Crippen LogP contribution in [0.25, 0.3) is 0 Å². The molecule has 1 aromatic carbocycles. The zero-order chi connectivity index (χ0) is 16.2. The third-order valence-electron chi connectivity index (χ3n) is 3.52. The van der Waals surface area contributed by atoms with E-state index in [2.05, 4.69) is 20.8 Å².